The number of hydrogen-bond acceptors (Lipinski definition) is 5. The van der Waals surface area contributed by atoms with Gasteiger partial charge in [-0.05, 0) is 57.2 Å². The summed E-state index contributed by atoms with van der Waals surface area (Å²) in [5.74, 6) is -0.719. The maximum Gasteiger partial charge on any atom is 0.316 e. The molecule has 0 atom stereocenters. The number of halogens is 2. The minimum Gasteiger partial charge on any atom is -0.459 e. The molecular weight excluding hydrogens is 459 g/mol. The van der Waals surface area contributed by atoms with Crippen LogP contribution in [0, 0.1) is 0 Å². The van der Waals surface area contributed by atoms with Crippen LogP contribution in [0.4, 0.5) is 4.39 Å². The molecule has 152 valence electrons. The van der Waals surface area contributed by atoms with Gasteiger partial charge in [0.25, 0.3) is 5.56 Å². The highest BCUT2D eigenvalue weighted by molar-refractivity contribution is 9.10. The number of ether oxygens (including phenoxy) is 1. The van der Waals surface area contributed by atoms with E-state index in [1.54, 1.807) is 51.1 Å². The van der Waals surface area contributed by atoms with E-state index in [4.69, 9.17) is 4.74 Å². The van der Waals surface area contributed by atoms with E-state index in [0.717, 1.165) is 16.2 Å². The number of aromatic nitrogens is 2. The van der Waals surface area contributed by atoms with Crippen molar-refractivity contribution in [1.82, 2.24) is 9.55 Å². The molecule has 1 heterocycles. The molecule has 0 spiro atoms. The van der Waals surface area contributed by atoms with E-state index in [0.29, 0.717) is 21.8 Å². The summed E-state index contributed by atoms with van der Waals surface area (Å²) in [6, 6.07) is 5.20. The van der Waals surface area contributed by atoms with E-state index in [2.05, 4.69) is 20.9 Å². The number of allylic oxidation sites excluding steroid dienone is 6. The van der Waals surface area contributed by atoms with Crippen LogP contribution < -0.4 is 5.56 Å². The molecule has 3 rings (SSSR count). The van der Waals surface area contributed by atoms with E-state index in [1.165, 1.54) is 16.7 Å². The number of carbonyl (C=O) groups is 1. The van der Waals surface area contributed by atoms with E-state index in [1.807, 2.05) is 0 Å². The van der Waals surface area contributed by atoms with E-state index >= 15 is 0 Å². The second kappa shape index (κ2) is 8.67. The zero-order valence-electron chi connectivity index (χ0n) is 16.2. The highest BCUT2D eigenvalue weighted by Crippen LogP contribution is 2.25. The Bertz CT molecular complexity index is 1110. The third-order valence-electron chi connectivity index (χ3n) is 3.83. The van der Waals surface area contributed by atoms with Crippen LogP contribution in [0.2, 0.25) is 0 Å². The first-order chi connectivity index (χ1) is 13.6. The number of hydrogen-bond donors (Lipinski definition) is 0. The Morgan fingerprint density at radius 1 is 1.34 bits per heavy atom. The normalized spacial score (nSPS) is 14.4. The molecule has 0 saturated carbocycles. The molecule has 0 aliphatic heterocycles. The predicted octanol–water partition coefficient (Wildman–Crippen LogP) is 5.25. The van der Waals surface area contributed by atoms with Gasteiger partial charge in [0.2, 0.25) is 0 Å². The second-order valence-corrected chi connectivity index (χ2v) is 9.24. The minimum atomic E-state index is -0.603. The molecule has 1 aliphatic rings. The van der Waals surface area contributed by atoms with Crippen molar-refractivity contribution in [2.75, 3.05) is 5.75 Å². The smallest absolute Gasteiger partial charge is 0.316 e. The van der Waals surface area contributed by atoms with Crippen LogP contribution in [0.1, 0.15) is 27.2 Å². The molecular formula is C21H20BrFN2O3S. The predicted molar refractivity (Wildman–Crippen MR) is 117 cm³/mol. The molecule has 1 aliphatic carbocycles. The summed E-state index contributed by atoms with van der Waals surface area (Å²) >= 11 is 4.49. The fourth-order valence-corrected chi connectivity index (χ4v) is 3.83. The van der Waals surface area contributed by atoms with Crippen molar-refractivity contribution >= 4 is 50.3 Å². The Balaban J connectivity index is 2.08. The van der Waals surface area contributed by atoms with Crippen molar-refractivity contribution < 1.29 is 13.9 Å². The summed E-state index contributed by atoms with van der Waals surface area (Å²) in [7, 11) is 0. The van der Waals surface area contributed by atoms with Crippen LogP contribution in [-0.4, -0.2) is 26.9 Å². The molecule has 5 nitrogen and oxygen atoms in total. The van der Waals surface area contributed by atoms with Crippen molar-refractivity contribution in [3.63, 3.8) is 0 Å². The number of esters is 1. The molecule has 1 aromatic carbocycles. The first-order valence-corrected chi connectivity index (χ1v) is 10.7. The lowest BCUT2D eigenvalue weighted by atomic mass is 10.2. The molecule has 0 radical (unpaired) electrons. The zero-order valence-corrected chi connectivity index (χ0v) is 18.6. The maximum atomic E-state index is 13.6. The largest absolute Gasteiger partial charge is 0.459 e. The van der Waals surface area contributed by atoms with Crippen molar-refractivity contribution in [1.29, 1.82) is 0 Å². The van der Waals surface area contributed by atoms with Crippen LogP contribution >= 0.6 is 27.7 Å². The Morgan fingerprint density at radius 2 is 2.10 bits per heavy atom. The number of rotatable bonds is 4. The van der Waals surface area contributed by atoms with Gasteiger partial charge in [-0.2, -0.15) is 0 Å². The zero-order chi connectivity index (χ0) is 21.2. The number of benzene rings is 1. The van der Waals surface area contributed by atoms with Crippen LogP contribution in [0.25, 0.3) is 16.6 Å². The first-order valence-electron chi connectivity index (χ1n) is 8.94. The van der Waals surface area contributed by atoms with Crippen LogP contribution in [-0.2, 0) is 9.53 Å². The molecule has 0 amide bonds. The lowest BCUT2D eigenvalue weighted by Gasteiger charge is -2.19. The average molecular weight is 479 g/mol. The van der Waals surface area contributed by atoms with E-state index in [-0.39, 0.29) is 23.6 Å². The van der Waals surface area contributed by atoms with Crippen molar-refractivity contribution in [3.05, 3.63) is 63.2 Å². The summed E-state index contributed by atoms with van der Waals surface area (Å²) in [4.78, 5) is 30.0. The summed E-state index contributed by atoms with van der Waals surface area (Å²) in [5, 5.41) is 0.760. The Morgan fingerprint density at radius 3 is 2.83 bits per heavy atom. The SMILES string of the molecule is CC(C)(C)OC(=O)CSc1nc2cc(Br)ccc2c(=O)n1C1=CC=C(F)CC=C1. The van der Waals surface area contributed by atoms with Crippen molar-refractivity contribution in [2.24, 2.45) is 0 Å². The van der Waals surface area contributed by atoms with Gasteiger partial charge in [0, 0.05) is 10.9 Å². The van der Waals surface area contributed by atoms with Gasteiger partial charge in [-0.25, -0.2) is 9.37 Å². The monoisotopic (exact) mass is 478 g/mol. The minimum absolute atomic E-state index is 0.00951. The van der Waals surface area contributed by atoms with E-state index < -0.39 is 11.6 Å². The van der Waals surface area contributed by atoms with Crippen LogP contribution in [0.3, 0.4) is 0 Å². The summed E-state index contributed by atoms with van der Waals surface area (Å²) in [5.41, 5.74) is 0.0908. The number of nitrogens with zero attached hydrogens (tertiary/aromatic N) is 2. The Labute approximate surface area is 180 Å². The number of fused-ring (bicyclic) bond motifs is 1. The molecule has 0 bridgehead atoms. The lowest BCUT2D eigenvalue weighted by molar-refractivity contribution is -0.151. The second-order valence-electron chi connectivity index (χ2n) is 7.38. The molecule has 0 N–H and O–H groups in total. The quantitative estimate of drug-likeness (QED) is 0.341. The summed E-state index contributed by atoms with van der Waals surface area (Å²) in [6.45, 7) is 5.37. The lowest BCUT2D eigenvalue weighted by Crippen LogP contribution is -2.26. The van der Waals surface area contributed by atoms with Gasteiger partial charge in [-0.3, -0.25) is 14.2 Å². The fraction of sp³-hybridized carbons (Fsp3) is 0.286. The molecule has 8 heteroatoms. The molecule has 0 unspecified atom stereocenters. The Kier molecular flexibility index (Phi) is 6.43. The van der Waals surface area contributed by atoms with E-state index in [9.17, 15) is 14.0 Å². The third-order valence-corrected chi connectivity index (χ3v) is 5.24. The highest BCUT2D eigenvalue weighted by Gasteiger charge is 2.19. The third kappa shape index (κ3) is 5.45. The van der Waals surface area contributed by atoms with Gasteiger partial charge in [0.05, 0.1) is 22.4 Å². The fourth-order valence-electron chi connectivity index (χ4n) is 2.70. The van der Waals surface area contributed by atoms with Gasteiger partial charge in [-0.15, -0.1) is 0 Å². The van der Waals surface area contributed by atoms with Gasteiger partial charge in [0.15, 0.2) is 5.16 Å². The van der Waals surface area contributed by atoms with Crippen molar-refractivity contribution in [3.8, 4) is 0 Å². The highest BCUT2D eigenvalue weighted by atomic mass is 79.9. The standard InChI is InChI=1S/C21H20BrFN2O3S/c1-21(2,3)28-18(26)12-29-20-24-17-11-13(22)7-10-16(17)19(27)25(20)15-6-4-5-14(23)8-9-15/h4,6-11H,5,12H2,1-3H3. The Hall–Kier alpha value is -2.19. The van der Waals surface area contributed by atoms with Gasteiger partial charge in [-0.1, -0.05) is 33.8 Å². The molecule has 29 heavy (non-hydrogen) atoms. The van der Waals surface area contributed by atoms with Crippen LogP contribution in [0.5, 0.6) is 0 Å². The molecule has 0 fully saturated rings. The van der Waals surface area contributed by atoms with Gasteiger partial charge < -0.3 is 4.74 Å². The molecule has 2 aromatic rings. The molecule has 1 aromatic heterocycles. The number of thioether (sulfide) groups is 1. The van der Waals surface area contributed by atoms with Crippen LogP contribution in [0.15, 0.2) is 62.8 Å². The summed E-state index contributed by atoms with van der Waals surface area (Å²) in [6.07, 6.45) is 6.34. The van der Waals surface area contributed by atoms with Gasteiger partial charge >= 0.3 is 5.97 Å². The molecule has 0 saturated heterocycles. The first kappa shape index (κ1) is 21.5. The maximum absolute atomic E-state index is 13.6. The number of carbonyl (C=O) groups excluding carboxylic acids is 1. The van der Waals surface area contributed by atoms with Crippen molar-refractivity contribution in [2.45, 2.75) is 37.9 Å². The topological polar surface area (TPSA) is 61.2 Å². The average Bonchev–Trinajstić information content (AvgIpc) is 2.83. The van der Waals surface area contributed by atoms with Gasteiger partial charge in [0.1, 0.15) is 11.4 Å². The summed E-state index contributed by atoms with van der Waals surface area (Å²) < 4.78 is 21.2.